The Balaban J connectivity index is 1.78. The van der Waals surface area contributed by atoms with Crippen LogP contribution in [0.4, 0.5) is 0 Å². The Bertz CT molecular complexity index is 808. The second kappa shape index (κ2) is 7.04. The second-order valence-corrected chi connectivity index (χ2v) is 6.64. The fourth-order valence-electron chi connectivity index (χ4n) is 3.37. The van der Waals surface area contributed by atoms with Crippen LogP contribution in [0.2, 0.25) is 0 Å². The molecule has 2 aromatic rings. The van der Waals surface area contributed by atoms with Gasteiger partial charge in [0.05, 0.1) is 0 Å². The van der Waals surface area contributed by atoms with Gasteiger partial charge in [-0.1, -0.05) is 37.6 Å². The molecule has 2 N–H and O–H groups in total. The maximum Gasteiger partial charge on any atom is 0.261 e. The average Bonchev–Trinajstić information content (AvgIpc) is 2.59. The molecule has 1 aliphatic rings. The van der Waals surface area contributed by atoms with Gasteiger partial charge in [0, 0.05) is 12.2 Å². The smallest absolute Gasteiger partial charge is 0.261 e. The van der Waals surface area contributed by atoms with Crippen molar-refractivity contribution in [2.24, 2.45) is 5.92 Å². The van der Waals surface area contributed by atoms with Crippen LogP contribution in [-0.2, 0) is 19.4 Å². The SMILES string of the molecule is CCC1CCc2[nH]c(=O)c(C(=O)NCc3ccccc3C)cc2C1. The first-order valence-electron chi connectivity index (χ1n) is 8.66. The highest BCUT2D eigenvalue weighted by molar-refractivity contribution is 5.94. The Hall–Kier alpha value is -2.36. The van der Waals surface area contributed by atoms with Gasteiger partial charge in [0.25, 0.3) is 11.5 Å². The molecule has 1 unspecified atom stereocenters. The van der Waals surface area contributed by atoms with Gasteiger partial charge in [-0.2, -0.15) is 0 Å². The molecule has 0 fully saturated rings. The summed E-state index contributed by atoms with van der Waals surface area (Å²) in [5.74, 6) is 0.340. The van der Waals surface area contributed by atoms with Crippen molar-refractivity contribution in [3.05, 3.63) is 68.6 Å². The average molecular weight is 324 g/mol. The van der Waals surface area contributed by atoms with E-state index in [0.717, 1.165) is 48.1 Å². The van der Waals surface area contributed by atoms with Crippen molar-refractivity contribution in [3.63, 3.8) is 0 Å². The summed E-state index contributed by atoms with van der Waals surface area (Å²) in [5.41, 5.74) is 4.24. The molecule has 1 aliphatic carbocycles. The van der Waals surface area contributed by atoms with Gasteiger partial charge in [0.15, 0.2) is 0 Å². The first-order valence-corrected chi connectivity index (χ1v) is 8.66. The predicted molar refractivity (Wildman–Crippen MR) is 95.2 cm³/mol. The standard InChI is InChI=1S/C20H24N2O2/c1-3-14-8-9-18-16(10-14)11-17(20(24)22-18)19(23)21-12-15-7-5-4-6-13(15)2/h4-7,11,14H,3,8-10,12H2,1-2H3,(H,21,23)(H,22,24). The van der Waals surface area contributed by atoms with E-state index in [1.165, 1.54) is 0 Å². The number of hydrogen-bond donors (Lipinski definition) is 2. The minimum absolute atomic E-state index is 0.221. The van der Waals surface area contributed by atoms with Crippen molar-refractivity contribution in [1.82, 2.24) is 10.3 Å². The predicted octanol–water partition coefficient (Wildman–Crippen LogP) is 3.13. The zero-order valence-electron chi connectivity index (χ0n) is 14.3. The minimum Gasteiger partial charge on any atom is -0.348 e. The van der Waals surface area contributed by atoms with E-state index in [1.54, 1.807) is 6.07 Å². The Morgan fingerprint density at radius 1 is 1.33 bits per heavy atom. The monoisotopic (exact) mass is 324 g/mol. The highest BCUT2D eigenvalue weighted by Crippen LogP contribution is 2.25. The molecular weight excluding hydrogens is 300 g/mol. The van der Waals surface area contributed by atoms with Crippen LogP contribution in [0, 0.1) is 12.8 Å². The number of aromatic nitrogens is 1. The zero-order chi connectivity index (χ0) is 17.1. The largest absolute Gasteiger partial charge is 0.348 e. The maximum absolute atomic E-state index is 12.5. The van der Waals surface area contributed by atoms with E-state index in [0.29, 0.717) is 12.5 Å². The number of pyridine rings is 1. The molecule has 4 nitrogen and oxygen atoms in total. The van der Waals surface area contributed by atoms with Crippen molar-refractivity contribution >= 4 is 5.91 Å². The summed E-state index contributed by atoms with van der Waals surface area (Å²) in [4.78, 5) is 27.6. The van der Waals surface area contributed by atoms with Crippen LogP contribution in [0.3, 0.4) is 0 Å². The fourth-order valence-corrected chi connectivity index (χ4v) is 3.37. The number of H-pyrrole nitrogens is 1. The molecule has 1 aromatic heterocycles. The third kappa shape index (κ3) is 3.42. The van der Waals surface area contributed by atoms with E-state index < -0.39 is 0 Å². The quantitative estimate of drug-likeness (QED) is 0.907. The molecule has 0 saturated heterocycles. The molecule has 4 heteroatoms. The fraction of sp³-hybridized carbons (Fsp3) is 0.400. The lowest BCUT2D eigenvalue weighted by molar-refractivity contribution is 0.0949. The van der Waals surface area contributed by atoms with Gasteiger partial charge in [-0.05, 0) is 54.9 Å². The van der Waals surface area contributed by atoms with Crippen molar-refractivity contribution in [3.8, 4) is 0 Å². The highest BCUT2D eigenvalue weighted by Gasteiger charge is 2.21. The van der Waals surface area contributed by atoms with Crippen LogP contribution in [0.15, 0.2) is 35.1 Å². The van der Waals surface area contributed by atoms with Gasteiger partial charge >= 0.3 is 0 Å². The number of rotatable bonds is 4. The molecule has 3 rings (SSSR count). The van der Waals surface area contributed by atoms with Gasteiger partial charge in [-0.25, -0.2) is 0 Å². The van der Waals surface area contributed by atoms with Gasteiger partial charge in [-0.15, -0.1) is 0 Å². The third-order valence-corrected chi connectivity index (χ3v) is 5.05. The normalized spacial score (nSPS) is 16.5. The van der Waals surface area contributed by atoms with Gasteiger partial charge in [0.1, 0.15) is 5.56 Å². The Kier molecular flexibility index (Phi) is 4.84. The van der Waals surface area contributed by atoms with Crippen LogP contribution < -0.4 is 10.9 Å². The Labute approximate surface area is 142 Å². The number of amides is 1. The number of aryl methyl sites for hydroxylation is 2. The first kappa shape index (κ1) is 16.5. The summed E-state index contributed by atoms with van der Waals surface area (Å²) in [6, 6.07) is 9.71. The van der Waals surface area contributed by atoms with E-state index in [1.807, 2.05) is 31.2 Å². The lowest BCUT2D eigenvalue weighted by Gasteiger charge is -2.23. The third-order valence-electron chi connectivity index (χ3n) is 5.05. The van der Waals surface area contributed by atoms with Crippen molar-refractivity contribution in [2.75, 3.05) is 0 Å². The summed E-state index contributed by atoms with van der Waals surface area (Å²) >= 11 is 0. The first-order chi connectivity index (χ1) is 11.6. The van der Waals surface area contributed by atoms with Gasteiger partial charge in [0.2, 0.25) is 0 Å². The summed E-state index contributed by atoms with van der Waals surface area (Å²) in [5, 5.41) is 2.87. The van der Waals surface area contributed by atoms with Crippen LogP contribution in [0.5, 0.6) is 0 Å². The summed E-state index contributed by atoms with van der Waals surface area (Å²) in [7, 11) is 0. The minimum atomic E-state index is -0.305. The van der Waals surface area contributed by atoms with Crippen molar-refractivity contribution in [2.45, 2.75) is 46.1 Å². The Morgan fingerprint density at radius 2 is 2.12 bits per heavy atom. The topological polar surface area (TPSA) is 62.0 Å². The van der Waals surface area contributed by atoms with E-state index in [-0.39, 0.29) is 17.0 Å². The molecule has 1 atom stereocenters. The number of carbonyl (C=O) groups excluding carboxylic acids is 1. The molecule has 0 spiro atoms. The summed E-state index contributed by atoms with van der Waals surface area (Å²) in [6.07, 6.45) is 4.08. The lowest BCUT2D eigenvalue weighted by atomic mass is 9.84. The number of hydrogen-bond acceptors (Lipinski definition) is 2. The Morgan fingerprint density at radius 3 is 2.88 bits per heavy atom. The molecule has 0 aliphatic heterocycles. The number of aromatic amines is 1. The summed E-state index contributed by atoms with van der Waals surface area (Å²) < 4.78 is 0. The molecule has 1 aromatic carbocycles. The molecule has 1 amide bonds. The number of carbonyl (C=O) groups is 1. The zero-order valence-corrected chi connectivity index (χ0v) is 14.3. The van der Waals surface area contributed by atoms with Crippen LogP contribution in [0.1, 0.15) is 52.5 Å². The van der Waals surface area contributed by atoms with E-state index in [9.17, 15) is 9.59 Å². The van der Waals surface area contributed by atoms with Crippen molar-refractivity contribution in [1.29, 1.82) is 0 Å². The molecule has 0 bridgehead atoms. The molecule has 24 heavy (non-hydrogen) atoms. The van der Waals surface area contributed by atoms with Gasteiger partial charge in [-0.3, -0.25) is 9.59 Å². The molecule has 1 heterocycles. The van der Waals surface area contributed by atoms with E-state index in [4.69, 9.17) is 0 Å². The van der Waals surface area contributed by atoms with E-state index >= 15 is 0 Å². The van der Waals surface area contributed by atoms with Crippen LogP contribution in [0.25, 0.3) is 0 Å². The number of nitrogens with one attached hydrogen (secondary N) is 2. The molecule has 0 saturated carbocycles. The maximum atomic E-state index is 12.5. The van der Waals surface area contributed by atoms with Crippen LogP contribution >= 0.6 is 0 Å². The van der Waals surface area contributed by atoms with Crippen LogP contribution in [-0.4, -0.2) is 10.9 Å². The lowest BCUT2D eigenvalue weighted by Crippen LogP contribution is -2.31. The van der Waals surface area contributed by atoms with E-state index in [2.05, 4.69) is 17.2 Å². The molecule has 0 radical (unpaired) electrons. The second-order valence-electron chi connectivity index (χ2n) is 6.64. The number of fused-ring (bicyclic) bond motifs is 1. The highest BCUT2D eigenvalue weighted by atomic mass is 16.2. The summed E-state index contributed by atoms with van der Waals surface area (Å²) in [6.45, 7) is 4.63. The molecular formula is C20H24N2O2. The molecule has 126 valence electrons. The van der Waals surface area contributed by atoms with Gasteiger partial charge < -0.3 is 10.3 Å². The number of benzene rings is 1. The van der Waals surface area contributed by atoms with Crippen molar-refractivity contribution < 1.29 is 4.79 Å².